The Morgan fingerprint density at radius 2 is 1.73 bits per heavy atom. The van der Waals surface area contributed by atoms with Crippen LogP contribution in [0.3, 0.4) is 0 Å². The maximum atomic E-state index is 13.0. The molecule has 1 atom stereocenters. The summed E-state index contributed by atoms with van der Waals surface area (Å²) >= 11 is 0. The quantitative estimate of drug-likeness (QED) is 0.485. The molecule has 0 aliphatic heterocycles. The fourth-order valence-corrected chi connectivity index (χ4v) is 3.82. The van der Waals surface area contributed by atoms with Gasteiger partial charge < -0.3 is 14.6 Å². The zero-order valence-corrected chi connectivity index (χ0v) is 16.3. The van der Waals surface area contributed by atoms with E-state index in [-0.39, 0.29) is 40.4 Å². The lowest BCUT2D eigenvalue weighted by Crippen LogP contribution is -2.23. The summed E-state index contributed by atoms with van der Waals surface area (Å²) in [7, 11) is 0. The van der Waals surface area contributed by atoms with Gasteiger partial charge in [0.25, 0.3) is 0 Å². The number of benzene rings is 2. The number of fused-ring (bicyclic) bond motifs is 2. The number of ketones is 1. The van der Waals surface area contributed by atoms with Crippen LogP contribution in [0, 0.1) is 0 Å². The molecule has 0 saturated carbocycles. The lowest BCUT2D eigenvalue weighted by molar-refractivity contribution is -0.115. The van der Waals surface area contributed by atoms with Gasteiger partial charge in [0, 0.05) is 23.5 Å². The zero-order chi connectivity index (χ0) is 21.3. The first-order chi connectivity index (χ1) is 14.5. The number of aromatic hydroxyl groups is 1. The fraction of sp³-hybridized carbons (Fsp3) is 0.120. The van der Waals surface area contributed by atoms with Crippen molar-refractivity contribution < 1.29 is 19.4 Å². The van der Waals surface area contributed by atoms with E-state index in [1.807, 2.05) is 6.92 Å². The lowest BCUT2D eigenvalue weighted by atomic mass is 9.80. The first-order valence-corrected chi connectivity index (χ1v) is 9.61. The number of aliphatic hydroxyl groups is 1. The molecule has 0 saturated heterocycles. The molecule has 0 bridgehead atoms. The second-order valence-electron chi connectivity index (χ2n) is 7.06. The number of carbonyl (C=O) groups excluding carboxylic acids is 1. The largest absolute Gasteiger partial charge is 0.507 e. The Morgan fingerprint density at radius 3 is 2.53 bits per heavy atom. The molecule has 0 spiro atoms. The molecule has 4 rings (SSSR count). The van der Waals surface area contributed by atoms with Crippen molar-refractivity contribution in [2.45, 2.75) is 19.3 Å². The monoisotopic (exact) mass is 400 g/mol. The van der Waals surface area contributed by atoms with Crippen molar-refractivity contribution in [2.24, 2.45) is 0 Å². The Kier molecular flexibility index (Phi) is 5.11. The average Bonchev–Trinajstić information content (AvgIpc) is 2.73. The van der Waals surface area contributed by atoms with Gasteiger partial charge in [-0.2, -0.15) is 0 Å². The van der Waals surface area contributed by atoms with Gasteiger partial charge in [0.1, 0.15) is 17.1 Å². The minimum absolute atomic E-state index is 0.0623. The van der Waals surface area contributed by atoms with Gasteiger partial charge in [-0.05, 0) is 24.6 Å². The van der Waals surface area contributed by atoms with Gasteiger partial charge in [0.05, 0.1) is 10.9 Å². The molecule has 1 heterocycles. The molecule has 5 heteroatoms. The van der Waals surface area contributed by atoms with Crippen LogP contribution in [0.2, 0.25) is 0 Å². The first kappa shape index (κ1) is 19.5. The van der Waals surface area contributed by atoms with Crippen LogP contribution < -0.4 is 5.63 Å². The minimum Gasteiger partial charge on any atom is -0.507 e. The summed E-state index contributed by atoms with van der Waals surface area (Å²) in [4.78, 5) is 25.9. The Morgan fingerprint density at radius 1 is 1.00 bits per heavy atom. The highest BCUT2D eigenvalue weighted by Crippen LogP contribution is 2.40. The van der Waals surface area contributed by atoms with Crippen molar-refractivity contribution in [3.05, 3.63) is 106 Å². The molecule has 1 unspecified atom stereocenters. The maximum absolute atomic E-state index is 13.0. The number of allylic oxidation sites excluding steroid dienone is 5. The zero-order valence-electron chi connectivity index (χ0n) is 16.3. The second kappa shape index (κ2) is 7.87. The number of Topliss-reactive ketones (excluding diaryl/α,β-unsaturated/α-hetero) is 1. The number of hydrogen-bond donors (Lipinski definition) is 2. The van der Waals surface area contributed by atoms with Gasteiger partial charge >= 0.3 is 5.63 Å². The number of para-hydroxylation sites is 1. The second-order valence-corrected chi connectivity index (χ2v) is 7.06. The van der Waals surface area contributed by atoms with Crippen LogP contribution in [0.15, 0.2) is 87.6 Å². The molecule has 0 amide bonds. The van der Waals surface area contributed by atoms with E-state index in [0.29, 0.717) is 10.9 Å². The average molecular weight is 400 g/mol. The third kappa shape index (κ3) is 3.24. The minimum atomic E-state index is -0.970. The highest BCUT2D eigenvalue weighted by atomic mass is 16.4. The molecule has 3 aromatic rings. The SMILES string of the molecule is C/C=C/C=C/C(C1=C(O)c2ccccc2CC1=O)c1c(O)c2ccccc2oc1=O. The van der Waals surface area contributed by atoms with E-state index in [4.69, 9.17) is 4.42 Å². The van der Waals surface area contributed by atoms with Crippen LogP contribution in [-0.2, 0) is 11.2 Å². The molecule has 1 aliphatic rings. The van der Waals surface area contributed by atoms with Gasteiger partial charge in [-0.3, -0.25) is 4.79 Å². The Bertz CT molecular complexity index is 1290. The Balaban J connectivity index is 2.01. The van der Waals surface area contributed by atoms with E-state index < -0.39 is 11.5 Å². The standard InChI is InChI=1S/C25H20O5/c1-2-3-4-12-18(21-19(26)14-15-9-5-6-10-16(15)23(21)27)22-24(28)17-11-7-8-13-20(17)30-25(22)29/h2-13,18,27-28H,14H2,1H3/b3-2+,12-4+. The van der Waals surface area contributed by atoms with Crippen LogP contribution >= 0.6 is 0 Å². The summed E-state index contributed by atoms with van der Waals surface area (Å²) < 4.78 is 5.41. The maximum Gasteiger partial charge on any atom is 0.344 e. The Labute approximate surface area is 172 Å². The highest BCUT2D eigenvalue weighted by molar-refractivity contribution is 6.07. The number of rotatable bonds is 4. The lowest BCUT2D eigenvalue weighted by Gasteiger charge is -2.24. The van der Waals surface area contributed by atoms with E-state index in [1.165, 1.54) is 0 Å². The summed E-state index contributed by atoms with van der Waals surface area (Å²) in [5.74, 6) is -1.73. The molecule has 0 fully saturated rings. The predicted molar refractivity (Wildman–Crippen MR) is 116 cm³/mol. The fourth-order valence-electron chi connectivity index (χ4n) is 3.82. The smallest absolute Gasteiger partial charge is 0.344 e. The van der Waals surface area contributed by atoms with Crippen LogP contribution in [-0.4, -0.2) is 16.0 Å². The summed E-state index contributed by atoms with van der Waals surface area (Å²) in [5.41, 5.74) is 0.735. The number of carbonyl (C=O) groups is 1. The van der Waals surface area contributed by atoms with Gasteiger partial charge in [-0.15, -0.1) is 0 Å². The van der Waals surface area contributed by atoms with Crippen LogP contribution in [0.25, 0.3) is 16.7 Å². The van der Waals surface area contributed by atoms with E-state index in [0.717, 1.165) is 5.56 Å². The van der Waals surface area contributed by atoms with Crippen molar-refractivity contribution in [3.63, 3.8) is 0 Å². The summed E-state index contributed by atoms with van der Waals surface area (Å²) in [6, 6.07) is 13.7. The van der Waals surface area contributed by atoms with Gasteiger partial charge in [-0.1, -0.05) is 60.7 Å². The van der Waals surface area contributed by atoms with Crippen molar-refractivity contribution >= 4 is 22.5 Å². The third-order valence-corrected chi connectivity index (χ3v) is 5.23. The molecule has 2 aromatic carbocycles. The molecule has 150 valence electrons. The van der Waals surface area contributed by atoms with E-state index in [2.05, 4.69) is 0 Å². The van der Waals surface area contributed by atoms with E-state index in [9.17, 15) is 19.8 Å². The number of hydrogen-bond acceptors (Lipinski definition) is 5. The molecule has 1 aliphatic carbocycles. The topological polar surface area (TPSA) is 87.7 Å². The predicted octanol–water partition coefficient (Wildman–Crippen LogP) is 4.81. The van der Waals surface area contributed by atoms with Crippen molar-refractivity contribution in [2.75, 3.05) is 0 Å². The van der Waals surface area contributed by atoms with Crippen molar-refractivity contribution in [1.82, 2.24) is 0 Å². The van der Waals surface area contributed by atoms with E-state index >= 15 is 0 Å². The molecule has 2 N–H and O–H groups in total. The third-order valence-electron chi connectivity index (χ3n) is 5.23. The van der Waals surface area contributed by atoms with Crippen molar-refractivity contribution in [1.29, 1.82) is 0 Å². The molecule has 30 heavy (non-hydrogen) atoms. The van der Waals surface area contributed by atoms with Gasteiger partial charge in [-0.25, -0.2) is 4.79 Å². The molecular formula is C25H20O5. The highest BCUT2D eigenvalue weighted by Gasteiger charge is 2.34. The summed E-state index contributed by atoms with van der Waals surface area (Å²) in [5, 5.41) is 22.3. The van der Waals surface area contributed by atoms with Gasteiger partial charge in [0.15, 0.2) is 5.78 Å². The molecule has 0 radical (unpaired) electrons. The van der Waals surface area contributed by atoms with Crippen molar-refractivity contribution in [3.8, 4) is 5.75 Å². The van der Waals surface area contributed by atoms with E-state index in [1.54, 1.807) is 72.8 Å². The Hall–Kier alpha value is -3.86. The van der Waals surface area contributed by atoms with Crippen LogP contribution in [0.4, 0.5) is 0 Å². The van der Waals surface area contributed by atoms with Crippen LogP contribution in [0.1, 0.15) is 29.5 Å². The molecule has 5 nitrogen and oxygen atoms in total. The first-order valence-electron chi connectivity index (χ1n) is 9.61. The van der Waals surface area contributed by atoms with Crippen LogP contribution in [0.5, 0.6) is 5.75 Å². The normalized spacial score (nSPS) is 15.3. The molecule has 1 aromatic heterocycles. The molecular weight excluding hydrogens is 380 g/mol. The summed E-state index contributed by atoms with van der Waals surface area (Å²) in [6.45, 7) is 1.83. The summed E-state index contributed by atoms with van der Waals surface area (Å²) in [6.07, 6.45) is 6.92. The van der Waals surface area contributed by atoms with Gasteiger partial charge in [0.2, 0.25) is 0 Å². The number of aliphatic hydroxyl groups excluding tert-OH is 1.